The molecule has 106 valence electrons. The standard InChI is InChI=1S/C17H21FN2/c18-13-4-5-17-15(9-13)16(10-19-17)14-8-12(14)11-20-6-2-1-3-7-20/h4-5,9-10,12,14,19H,1-3,6-8,11H2/t12-,14+/m0/s1. The van der Waals surface area contributed by atoms with Crippen molar-refractivity contribution in [1.82, 2.24) is 9.88 Å². The molecule has 3 heteroatoms. The number of benzene rings is 1. The number of halogens is 1. The highest BCUT2D eigenvalue weighted by Crippen LogP contribution is 2.50. The smallest absolute Gasteiger partial charge is 0.123 e. The number of nitrogens with zero attached hydrogens (tertiary/aromatic N) is 1. The van der Waals surface area contributed by atoms with Crippen molar-refractivity contribution in [2.45, 2.75) is 31.6 Å². The first-order chi connectivity index (χ1) is 9.81. The minimum Gasteiger partial charge on any atom is -0.361 e. The van der Waals surface area contributed by atoms with Crippen LogP contribution in [0.1, 0.15) is 37.2 Å². The molecule has 1 aromatic heterocycles. The summed E-state index contributed by atoms with van der Waals surface area (Å²) in [7, 11) is 0. The van der Waals surface area contributed by atoms with E-state index in [1.807, 2.05) is 6.07 Å². The quantitative estimate of drug-likeness (QED) is 0.898. The third-order valence-corrected chi connectivity index (χ3v) is 4.94. The molecule has 1 aromatic carbocycles. The summed E-state index contributed by atoms with van der Waals surface area (Å²) in [5, 5.41) is 1.08. The van der Waals surface area contributed by atoms with Crippen molar-refractivity contribution in [3.05, 3.63) is 35.8 Å². The Morgan fingerprint density at radius 1 is 1.20 bits per heavy atom. The molecule has 2 heterocycles. The van der Waals surface area contributed by atoms with Crippen LogP contribution >= 0.6 is 0 Å². The van der Waals surface area contributed by atoms with Crippen molar-refractivity contribution < 1.29 is 4.39 Å². The van der Waals surface area contributed by atoms with Crippen LogP contribution in [0.2, 0.25) is 0 Å². The zero-order chi connectivity index (χ0) is 13.5. The Morgan fingerprint density at radius 2 is 2.05 bits per heavy atom. The predicted molar refractivity (Wildman–Crippen MR) is 79.4 cm³/mol. The van der Waals surface area contributed by atoms with Gasteiger partial charge >= 0.3 is 0 Å². The highest BCUT2D eigenvalue weighted by Gasteiger charge is 2.40. The zero-order valence-corrected chi connectivity index (χ0v) is 11.7. The molecule has 1 saturated heterocycles. The lowest BCUT2D eigenvalue weighted by Gasteiger charge is -2.26. The number of aromatic amines is 1. The maximum Gasteiger partial charge on any atom is 0.123 e. The molecule has 2 aliphatic rings. The molecule has 0 spiro atoms. The first-order valence-electron chi connectivity index (χ1n) is 7.80. The van der Waals surface area contributed by atoms with Gasteiger partial charge in [0.05, 0.1) is 0 Å². The normalized spacial score (nSPS) is 27.1. The Bertz CT molecular complexity index is 612. The van der Waals surface area contributed by atoms with Gasteiger partial charge in [0.25, 0.3) is 0 Å². The van der Waals surface area contributed by atoms with Gasteiger partial charge in [0.1, 0.15) is 5.82 Å². The summed E-state index contributed by atoms with van der Waals surface area (Å²) in [6.07, 6.45) is 7.46. The number of nitrogens with one attached hydrogen (secondary N) is 1. The molecular formula is C17H21FN2. The fourth-order valence-electron chi connectivity index (χ4n) is 3.73. The monoisotopic (exact) mass is 272 g/mol. The lowest BCUT2D eigenvalue weighted by molar-refractivity contribution is 0.219. The van der Waals surface area contributed by atoms with Crippen molar-refractivity contribution in [2.24, 2.45) is 5.92 Å². The van der Waals surface area contributed by atoms with Gasteiger partial charge in [0, 0.05) is 23.6 Å². The highest BCUT2D eigenvalue weighted by molar-refractivity contribution is 5.84. The summed E-state index contributed by atoms with van der Waals surface area (Å²) in [6.45, 7) is 3.77. The number of hydrogen-bond acceptors (Lipinski definition) is 1. The molecule has 0 unspecified atom stereocenters. The average molecular weight is 272 g/mol. The molecule has 0 amide bonds. The fourth-order valence-corrected chi connectivity index (χ4v) is 3.73. The Labute approximate surface area is 119 Å². The first-order valence-corrected chi connectivity index (χ1v) is 7.80. The predicted octanol–water partition coefficient (Wildman–Crippen LogP) is 3.90. The molecule has 2 aromatic rings. The molecule has 0 radical (unpaired) electrons. The van der Waals surface area contributed by atoms with Gasteiger partial charge in [-0.15, -0.1) is 0 Å². The van der Waals surface area contributed by atoms with E-state index in [1.54, 1.807) is 6.07 Å². The summed E-state index contributed by atoms with van der Waals surface area (Å²) in [5.74, 6) is 1.27. The summed E-state index contributed by atoms with van der Waals surface area (Å²) >= 11 is 0. The number of hydrogen-bond donors (Lipinski definition) is 1. The van der Waals surface area contributed by atoms with E-state index in [2.05, 4.69) is 16.1 Å². The molecule has 2 nitrogen and oxygen atoms in total. The van der Waals surface area contributed by atoms with Gasteiger partial charge in [-0.05, 0) is 68.0 Å². The molecular weight excluding hydrogens is 251 g/mol. The van der Waals surface area contributed by atoms with Crippen molar-refractivity contribution in [3.63, 3.8) is 0 Å². The van der Waals surface area contributed by atoms with E-state index < -0.39 is 0 Å². The maximum absolute atomic E-state index is 13.4. The maximum atomic E-state index is 13.4. The Hall–Kier alpha value is -1.35. The Kier molecular flexibility index (Phi) is 3.03. The van der Waals surface area contributed by atoms with E-state index in [0.717, 1.165) is 16.8 Å². The van der Waals surface area contributed by atoms with E-state index in [-0.39, 0.29) is 5.82 Å². The van der Waals surface area contributed by atoms with Crippen LogP contribution in [-0.2, 0) is 0 Å². The number of fused-ring (bicyclic) bond motifs is 1. The molecule has 4 rings (SSSR count). The lowest BCUT2D eigenvalue weighted by atomic mass is 10.1. The number of H-pyrrole nitrogens is 1. The van der Waals surface area contributed by atoms with Crippen LogP contribution in [0.4, 0.5) is 4.39 Å². The summed E-state index contributed by atoms with van der Waals surface area (Å²) < 4.78 is 13.4. The first kappa shape index (κ1) is 12.4. The number of rotatable bonds is 3. The topological polar surface area (TPSA) is 19.0 Å². The van der Waals surface area contributed by atoms with Crippen LogP contribution in [-0.4, -0.2) is 29.5 Å². The molecule has 1 aliphatic carbocycles. The van der Waals surface area contributed by atoms with Crippen LogP contribution in [0.25, 0.3) is 10.9 Å². The summed E-state index contributed by atoms with van der Waals surface area (Å²) in [5.41, 5.74) is 2.38. The molecule has 1 aliphatic heterocycles. The van der Waals surface area contributed by atoms with Crippen LogP contribution in [0.3, 0.4) is 0 Å². The van der Waals surface area contributed by atoms with E-state index in [9.17, 15) is 4.39 Å². The van der Waals surface area contributed by atoms with Crippen molar-refractivity contribution in [3.8, 4) is 0 Å². The van der Waals surface area contributed by atoms with Gasteiger partial charge in [-0.1, -0.05) is 6.42 Å². The molecule has 0 bridgehead atoms. The SMILES string of the molecule is Fc1ccc2[nH]cc([C@@H]3C[C@H]3CN3CCCCC3)c2c1. The third-order valence-electron chi connectivity index (χ3n) is 4.94. The van der Waals surface area contributed by atoms with Gasteiger partial charge in [0.2, 0.25) is 0 Å². The van der Waals surface area contributed by atoms with Crippen LogP contribution in [0.15, 0.2) is 24.4 Å². The Morgan fingerprint density at radius 3 is 2.90 bits per heavy atom. The highest BCUT2D eigenvalue weighted by atomic mass is 19.1. The number of aromatic nitrogens is 1. The van der Waals surface area contributed by atoms with Crippen molar-refractivity contribution >= 4 is 10.9 Å². The Balaban J connectivity index is 1.49. The van der Waals surface area contributed by atoms with E-state index in [4.69, 9.17) is 0 Å². The van der Waals surface area contributed by atoms with Crippen molar-refractivity contribution in [1.29, 1.82) is 0 Å². The fraction of sp³-hybridized carbons (Fsp3) is 0.529. The van der Waals surface area contributed by atoms with Crippen LogP contribution in [0, 0.1) is 11.7 Å². The second-order valence-corrected chi connectivity index (χ2v) is 6.40. The number of piperidine rings is 1. The van der Waals surface area contributed by atoms with Gasteiger partial charge in [-0.25, -0.2) is 4.39 Å². The summed E-state index contributed by atoms with van der Waals surface area (Å²) in [4.78, 5) is 5.90. The van der Waals surface area contributed by atoms with Gasteiger partial charge in [-0.2, -0.15) is 0 Å². The minimum absolute atomic E-state index is 0.133. The van der Waals surface area contributed by atoms with E-state index >= 15 is 0 Å². The molecule has 2 atom stereocenters. The van der Waals surface area contributed by atoms with E-state index in [1.165, 1.54) is 56.9 Å². The van der Waals surface area contributed by atoms with Crippen LogP contribution < -0.4 is 0 Å². The van der Waals surface area contributed by atoms with Crippen molar-refractivity contribution in [2.75, 3.05) is 19.6 Å². The second-order valence-electron chi connectivity index (χ2n) is 6.40. The lowest BCUT2D eigenvalue weighted by Crippen LogP contribution is -2.31. The van der Waals surface area contributed by atoms with Gasteiger partial charge in [-0.3, -0.25) is 0 Å². The van der Waals surface area contributed by atoms with Crippen LogP contribution in [0.5, 0.6) is 0 Å². The second kappa shape index (κ2) is 4.88. The molecule has 1 N–H and O–H groups in total. The van der Waals surface area contributed by atoms with Gasteiger partial charge in [0.15, 0.2) is 0 Å². The minimum atomic E-state index is -0.133. The van der Waals surface area contributed by atoms with Gasteiger partial charge < -0.3 is 9.88 Å². The molecule has 1 saturated carbocycles. The zero-order valence-electron chi connectivity index (χ0n) is 11.7. The van der Waals surface area contributed by atoms with E-state index in [0.29, 0.717) is 5.92 Å². The molecule has 2 fully saturated rings. The summed E-state index contributed by atoms with van der Waals surface area (Å²) in [6, 6.07) is 5.05. The largest absolute Gasteiger partial charge is 0.361 e. The number of likely N-dealkylation sites (tertiary alicyclic amines) is 1. The molecule has 20 heavy (non-hydrogen) atoms. The third kappa shape index (κ3) is 2.24. The average Bonchev–Trinajstić information content (AvgIpc) is 3.09.